The molecule has 0 aliphatic carbocycles. The molecule has 1 fully saturated rings. The van der Waals surface area contributed by atoms with Crippen LogP contribution in [0.5, 0.6) is 0 Å². The second-order valence-corrected chi connectivity index (χ2v) is 5.98. The van der Waals surface area contributed by atoms with Crippen LogP contribution in [-0.2, 0) is 4.79 Å². The Bertz CT molecular complexity index is 685. The van der Waals surface area contributed by atoms with Crippen LogP contribution in [0.2, 0.25) is 5.02 Å². The summed E-state index contributed by atoms with van der Waals surface area (Å²) in [5.41, 5.74) is 6.06. The van der Waals surface area contributed by atoms with Crippen molar-refractivity contribution >= 4 is 34.2 Å². The molecule has 0 spiro atoms. The number of likely N-dealkylation sites (tertiary alicyclic amines) is 1. The summed E-state index contributed by atoms with van der Waals surface area (Å²) >= 11 is 6.00. The lowest BCUT2D eigenvalue weighted by molar-refractivity contribution is -0.119. The Labute approximate surface area is 133 Å². The minimum Gasteiger partial charge on any atom is -0.369 e. The molecule has 1 amide bonds. The number of nitrogens with zero attached hydrogens (tertiary/aromatic N) is 3. The zero-order valence-electron chi connectivity index (χ0n) is 12.1. The number of hydrogen-bond acceptors (Lipinski definition) is 5. The van der Waals surface area contributed by atoms with Crippen molar-refractivity contribution in [2.45, 2.75) is 18.9 Å². The number of fused-ring (bicyclic) bond motifs is 1. The number of piperidine rings is 1. The van der Waals surface area contributed by atoms with Crippen molar-refractivity contribution in [2.75, 3.05) is 25.0 Å². The Morgan fingerprint density at radius 1 is 1.36 bits per heavy atom. The Balaban J connectivity index is 1.68. The highest BCUT2D eigenvalue weighted by molar-refractivity contribution is 6.31. The van der Waals surface area contributed by atoms with Crippen LogP contribution in [0, 0.1) is 0 Å². The number of anilines is 1. The number of benzene rings is 1. The molecule has 1 aliphatic heterocycles. The number of amides is 1. The topological polar surface area (TPSA) is 84.1 Å². The molecule has 22 heavy (non-hydrogen) atoms. The first kappa shape index (κ1) is 15.0. The summed E-state index contributed by atoms with van der Waals surface area (Å²) in [6.45, 7) is 2.05. The number of nitrogens with two attached hydrogens (primary N) is 1. The van der Waals surface area contributed by atoms with E-state index in [-0.39, 0.29) is 5.91 Å². The van der Waals surface area contributed by atoms with Gasteiger partial charge in [0.2, 0.25) is 5.91 Å². The molecule has 2 heterocycles. The number of primary amides is 1. The van der Waals surface area contributed by atoms with E-state index in [1.807, 2.05) is 18.2 Å². The SMILES string of the molecule is NC(=O)CN1CCC(Nc2ncnc3cc(Cl)ccc23)CC1. The van der Waals surface area contributed by atoms with Crippen molar-refractivity contribution in [3.8, 4) is 0 Å². The van der Waals surface area contributed by atoms with E-state index in [2.05, 4.69) is 20.2 Å². The lowest BCUT2D eigenvalue weighted by Gasteiger charge is -2.31. The molecule has 1 saturated heterocycles. The predicted molar refractivity (Wildman–Crippen MR) is 86.8 cm³/mol. The average Bonchev–Trinajstić information content (AvgIpc) is 2.48. The van der Waals surface area contributed by atoms with Crippen molar-refractivity contribution in [3.63, 3.8) is 0 Å². The second-order valence-electron chi connectivity index (χ2n) is 5.54. The lowest BCUT2D eigenvalue weighted by atomic mass is 10.0. The summed E-state index contributed by atoms with van der Waals surface area (Å²) in [5, 5.41) is 5.11. The maximum absolute atomic E-state index is 11.0. The van der Waals surface area contributed by atoms with Crippen molar-refractivity contribution in [3.05, 3.63) is 29.5 Å². The van der Waals surface area contributed by atoms with E-state index in [1.165, 1.54) is 0 Å². The summed E-state index contributed by atoms with van der Waals surface area (Å²) in [6, 6.07) is 5.94. The van der Waals surface area contributed by atoms with Gasteiger partial charge >= 0.3 is 0 Å². The van der Waals surface area contributed by atoms with Crippen LogP contribution in [0.3, 0.4) is 0 Å². The van der Waals surface area contributed by atoms with Gasteiger partial charge in [-0.05, 0) is 31.0 Å². The lowest BCUT2D eigenvalue weighted by Crippen LogP contribution is -2.43. The highest BCUT2D eigenvalue weighted by atomic mass is 35.5. The summed E-state index contributed by atoms with van der Waals surface area (Å²) in [7, 11) is 0. The van der Waals surface area contributed by atoms with Gasteiger partial charge in [0.1, 0.15) is 12.1 Å². The number of halogens is 1. The second kappa shape index (κ2) is 6.46. The first-order valence-electron chi connectivity index (χ1n) is 7.29. The highest BCUT2D eigenvalue weighted by Gasteiger charge is 2.20. The van der Waals surface area contributed by atoms with E-state index in [9.17, 15) is 4.79 Å². The smallest absolute Gasteiger partial charge is 0.231 e. The Morgan fingerprint density at radius 3 is 2.86 bits per heavy atom. The average molecular weight is 320 g/mol. The van der Waals surface area contributed by atoms with Gasteiger partial charge in [-0.3, -0.25) is 9.69 Å². The van der Waals surface area contributed by atoms with Gasteiger partial charge in [-0.1, -0.05) is 11.6 Å². The first-order valence-corrected chi connectivity index (χ1v) is 7.67. The quantitative estimate of drug-likeness (QED) is 0.895. The van der Waals surface area contributed by atoms with Gasteiger partial charge in [-0.15, -0.1) is 0 Å². The number of carbonyl (C=O) groups excluding carboxylic acids is 1. The zero-order chi connectivity index (χ0) is 15.5. The molecular weight excluding hydrogens is 302 g/mol. The van der Waals surface area contributed by atoms with Gasteiger partial charge in [0, 0.05) is 29.5 Å². The van der Waals surface area contributed by atoms with Crippen molar-refractivity contribution in [1.29, 1.82) is 0 Å². The fraction of sp³-hybridized carbons (Fsp3) is 0.400. The summed E-state index contributed by atoms with van der Waals surface area (Å²) in [4.78, 5) is 21.6. The fourth-order valence-corrected chi connectivity index (χ4v) is 2.96. The summed E-state index contributed by atoms with van der Waals surface area (Å²) < 4.78 is 0. The molecule has 0 saturated carbocycles. The van der Waals surface area contributed by atoms with E-state index in [4.69, 9.17) is 17.3 Å². The zero-order valence-corrected chi connectivity index (χ0v) is 12.9. The molecule has 6 nitrogen and oxygen atoms in total. The molecule has 1 aromatic carbocycles. The van der Waals surface area contributed by atoms with Crippen molar-refractivity contribution in [1.82, 2.24) is 14.9 Å². The van der Waals surface area contributed by atoms with Gasteiger partial charge in [0.05, 0.1) is 12.1 Å². The molecule has 3 rings (SSSR count). The van der Waals surface area contributed by atoms with Gasteiger partial charge in [-0.25, -0.2) is 9.97 Å². The van der Waals surface area contributed by atoms with Gasteiger partial charge in [0.15, 0.2) is 0 Å². The minimum absolute atomic E-state index is 0.273. The monoisotopic (exact) mass is 319 g/mol. The van der Waals surface area contributed by atoms with Gasteiger partial charge in [0.25, 0.3) is 0 Å². The number of nitrogens with one attached hydrogen (secondary N) is 1. The number of aromatic nitrogens is 2. The molecule has 7 heteroatoms. The highest BCUT2D eigenvalue weighted by Crippen LogP contribution is 2.24. The maximum Gasteiger partial charge on any atom is 0.231 e. The Hall–Kier alpha value is -1.92. The molecule has 1 aliphatic rings. The minimum atomic E-state index is -0.273. The molecule has 116 valence electrons. The van der Waals surface area contributed by atoms with Crippen LogP contribution >= 0.6 is 11.6 Å². The van der Waals surface area contributed by atoms with E-state index in [1.54, 1.807) is 6.33 Å². The van der Waals surface area contributed by atoms with E-state index in [0.717, 1.165) is 42.7 Å². The molecule has 0 radical (unpaired) electrons. The van der Waals surface area contributed by atoms with Crippen molar-refractivity contribution < 1.29 is 4.79 Å². The van der Waals surface area contributed by atoms with Gasteiger partial charge in [-0.2, -0.15) is 0 Å². The predicted octanol–water partition coefficient (Wildman–Crippen LogP) is 1.64. The molecule has 1 aromatic heterocycles. The summed E-state index contributed by atoms with van der Waals surface area (Å²) in [5.74, 6) is 0.556. The Morgan fingerprint density at radius 2 is 2.14 bits per heavy atom. The standard InChI is InChI=1S/C15H18ClN5O/c16-10-1-2-12-13(7-10)18-9-19-15(12)20-11-3-5-21(6-4-11)8-14(17)22/h1-2,7,9,11H,3-6,8H2,(H2,17,22)(H,18,19,20). The molecular formula is C15H18ClN5O. The number of hydrogen-bond donors (Lipinski definition) is 2. The van der Waals surface area contributed by atoms with E-state index in [0.29, 0.717) is 17.6 Å². The summed E-state index contributed by atoms with van der Waals surface area (Å²) in [6.07, 6.45) is 3.45. The Kier molecular flexibility index (Phi) is 4.40. The van der Waals surface area contributed by atoms with Crippen LogP contribution in [0.4, 0.5) is 5.82 Å². The maximum atomic E-state index is 11.0. The number of rotatable bonds is 4. The molecule has 0 atom stereocenters. The van der Waals surface area contributed by atoms with Crippen LogP contribution < -0.4 is 11.1 Å². The van der Waals surface area contributed by atoms with Crippen LogP contribution in [0.25, 0.3) is 10.9 Å². The molecule has 2 aromatic rings. The van der Waals surface area contributed by atoms with E-state index >= 15 is 0 Å². The normalized spacial score (nSPS) is 16.8. The van der Waals surface area contributed by atoms with Crippen molar-refractivity contribution in [2.24, 2.45) is 5.73 Å². The molecule has 0 bridgehead atoms. The third-order valence-corrected chi connectivity index (χ3v) is 4.14. The van der Waals surface area contributed by atoms with E-state index < -0.39 is 0 Å². The molecule has 0 unspecified atom stereocenters. The fourth-order valence-electron chi connectivity index (χ4n) is 2.79. The van der Waals surface area contributed by atoms with Crippen LogP contribution in [-0.4, -0.2) is 46.5 Å². The third-order valence-electron chi connectivity index (χ3n) is 3.91. The van der Waals surface area contributed by atoms with Crippen LogP contribution in [0.1, 0.15) is 12.8 Å². The van der Waals surface area contributed by atoms with Crippen LogP contribution in [0.15, 0.2) is 24.5 Å². The molecule has 3 N–H and O–H groups in total. The largest absolute Gasteiger partial charge is 0.369 e. The first-order chi connectivity index (χ1) is 10.6. The number of carbonyl (C=O) groups is 1. The van der Waals surface area contributed by atoms with Gasteiger partial charge < -0.3 is 11.1 Å². The third kappa shape index (κ3) is 3.45.